The third kappa shape index (κ3) is 5.41. The van der Waals surface area contributed by atoms with Crippen molar-refractivity contribution in [1.29, 1.82) is 0 Å². The van der Waals surface area contributed by atoms with Crippen LogP contribution in [-0.4, -0.2) is 33.3 Å². The number of methoxy groups -OCH3 is 3. The Bertz CT molecular complexity index is 593. The van der Waals surface area contributed by atoms with Gasteiger partial charge in [0.05, 0.1) is 21.3 Å². The zero-order chi connectivity index (χ0) is 18.9. The first-order valence-electron chi connectivity index (χ1n) is 9.39. The summed E-state index contributed by atoms with van der Waals surface area (Å²) >= 11 is 0. The van der Waals surface area contributed by atoms with Gasteiger partial charge in [-0.05, 0) is 55.4 Å². The van der Waals surface area contributed by atoms with Crippen molar-refractivity contribution in [1.82, 2.24) is 5.32 Å². The smallest absolute Gasteiger partial charge is 0.244 e. The molecule has 1 saturated carbocycles. The third-order valence-corrected chi connectivity index (χ3v) is 5.00. The largest absolute Gasteiger partial charge is 0.493 e. The first-order chi connectivity index (χ1) is 12.6. The normalized spacial score (nSPS) is 20.0. The zero-order valence-corrected chi connectivity index (χ0v) is 16.3. The predicted molar refractivity (Wildman–Crippen MR) is 104 cm³/mol. The maximum atomic E-state index is 12.2. The lowest BCUT2D eigenvalue weighted by atomic mass is 9.83. The second-order valence-corrected chi connectivity index (χ2v) is 6.81. The SMILES string of the molecule is CCCC1CCC(NC(=O)/C=C/c2cc(OC)c(OC)c(OC)c2)CC1. The van der Waals surface area contributed by atoms with Crippen molar-refractivity contribution in [3.8, 4) is 17.2 Å². The van der Waals surface area contributed by atoms with E-state index in [4.69, 9.17) is 14.2 Å². The van der Waals surface area contributed by atoms with E-state index in [2.05, 4.69) is 12.2 Å². The van der Waals surface area contributed by atoms with Gasteiger partial charge in [-0.1, -0.05) is 19.8 Å². The topological polar surface area (TPSA) is 56.8 Å². The highest BCUT2D eigenvalue weighted by Gasteiger charge is 2.21. The molecule has 144 valence electrons. The Morgan fingerprint density at radius 1 is 1.08 bits per heavy atom. The maximum absolute atomic E-state index is 12.2. The van der Waals surface area contributed by atoms with E-state index in [0.717, 1.165) is 24.3 Å². The van der Waals surface area contributed by atoms with Crippen LogP contribution in [0.1, 0.15) is 51.0 Å². The highest BCUT2D eigenvalue weighted by atomic mass is 16.5. The summed E-state index contributed by atoms with van der Waals surface area (Å²) in [6, 6.07) is 3.93. The molecule has 0 atom stereocenters. The molecule has 0 aromatic heterocycles. The predicted octanol–water partition coefficient (Wildman–Crippen LogP) is 4.20. The molecular formula is C21H31NO4. The van der Waals surface area contributed by atoms with E-state index < -0.39 is 0 Å². The number of amides is 1. The van der Waals surface area contributed by atoms with Gasteiger partial charge in [-0.15, -0.1) is 0 Å². The Morgan fingerprint density at radius 3 is 2.19 bits per heavy atom. The summed E-state index contributed by atoms with van der Waals surface area (Å²) in [4.78, 5) is 12.2. The highest BCUT2D eigenvalue weighted by Crippen LogP contribution is 2.38. The molecule has 0 bridgehead atoms. The summed E-state index contributed by atoms with van der Waals surface area (Å²) < 4.78 is 16.0. The van der Waals surface area contributed by atoms with Crippen LogP contribution in [-0.2, 0) is 4.79 Å². The average Bonchev–Trinajstić information content (AvgIpc) is 2.67. The number of rotatable bonds is 8. The Labute approximate surface area is 156 Å². The monoisotopic (exact) mass is 361 g/mol. The maximum Gasteiger partial charge on any atom is 0.244 e. The van der Waals surface area contributed by atoms with Gasteiger partial charge < -0.3 is 19.5 Å². The molecule has 1 fully saturated rings. The van der Waals surface area contributed by atoms with Gasteiger partial charge in [0.25, 0.3) is 0 Å². The minimum atomic E-state index is -0.0577. The van der Waals surface area contributed by atoms with Crippen molar-refractivity contribution in [2.24, 2.45) is 5.92 Å². The summed E-state index contributed by atoms with van der Waals surface area (Å²) in [5, 5.41) is 3.12. The second-order valence-electron chi connectivity index (χ2n) is 6.81. The van der Waals surface area contributed by atoms with Crippen LogP contribution in [0.4, 0.5) is 0 Å². The van der Waals surface area contributed by atoms with Crippen LogP contribution in [0.25, 0.3) is 6.08 Å². The number of hydrogen-bond acceptors (Lipinski definition) is 4. The molecule has 1 aromatic rings. The van der Waals surface area contributed by atoms with Crippen LogP contribution in [0, 0.1) is 5.92 Å². The Hall–Kier alpha value is -2.17. The quantitative estimate of drug-likeness (QED) is 0.705. The van der Waals surface area contributed by atoms with E-state index in [1.54, 1.807) is 33.5 Å². The highest BCUT2D eigenvalue weighted by molar-refractivity contribution is 5.92. The molecule has 1 N–H and O–H groups in total. The van der Waals surface area contributed by atoms with E-state index in [-0.39, 0.29) is 5.91 Å². The summed E-state index contributed by atoms with van der Waals surface area (Å²) in [5.41, 5.74) is 0.821. The zero-order valence-electron chi connectivity index (χ0n) is 16.3. The van der Waals surface area contributed by atoms with Crippen molar-refractivity contribution < 1.29 is 19.0 Å². The van der Waals surface area contributed by atoms with Crippen LogP contribution >= 0.6 is 0 Å². The molecule has 26 heavy (non-hydrogen) atoms. The van der Waals surface area contributed by atoms with Crippen LogP contribution < -0.4 is 19.5 Å². The molecule has 1 aromatic carbocycles. The first-order valence-corrected chi connectivity index (χ1v) is 9.39. The number of hydrogen-bond donors (Lipinski definition) is 1. The molecule has 2 rings (SSSR count). The molecule has 0 saturated heterocycles. The van der Waals surface area contributed by atoms with Crippen LogP contribution in [0.5, 0.6) is 17.2 Å². The fourth-order valence-electron chi connectivity index (χ4n) is 3.62. The fraction of sp³-hybridized carbons (Fsp3) is 0.571. The van der Waals surface area contributed by atoms with E-state index in [1.807, 2.05) is 12.1 Å². The molecule has 0 aliphatic heterocycles. The van der Waals surface area contributed by atoms with Crippen LogP contribution in [0.15, 0.2) is 18.2 Å². The number of carbonyl (C=O) groups excluding carboxylic acids is 1. The van der Waals surface area contributed by atoms with Crippen molar-refractivity contribution in [2.45, 2.75) is 51.5 Å². The summed E-state index contributed by atoms with van der Waals surface area (Å²) in [6.07, 6.45) is 10.5. The lowest BCUT2D eigenvalue weighted by Crippen LogP contribution is -2.36. The van der Waals surface area contributed by atoms with E-state index >= 15 is 0 Å². The van der Waals surface area contributed by atoms with Crippen molar-refractivity contribution in [2.75, 3.05) is 21.3 Å². The second kappa shape index (κ2) is 10.1. The van der Waals surface area contributed by atoms with Gasteiger partial charge in [0.2, 0.25) is 11.7 Å². The Kier molecular flexibility index (Phi) is 7.82. The number of ether oxygens (including phenoxy) is 3. The van der Waals surface area contributed by atoms with Crippen LogP contribution in [0.3, 0.4) is 0 Å². The first kappa shape index (κ1) is 20.1. The van der Waals surface area contributed by atoms with Crippen LogP contribution in [0.2, 0.25) is 0 Å². The van der Waals surface area contributed by atoms with Gasteiger partial charge in [-0.2, -0.15) is 0 Å². The van der Waals surface area contributed by atoms with Gasteiger partial charge in [0, 0.05) is 12.1 Å². The molecule has 5 nitrogen and oxygen atoms in total. The molecular weight excluding hydrogens is 330 g/mol. The summed E-state index contributed by atoms with van der Waals surface area (Å²) in [5.74, 6) is 2.46. The third-order valence-electron chi connectivity index (χ3n) is 5.00. The van der Waals surface area contributed by atoms with Crippen molar-refractivity contribution in [3.63, 3.8) is 0 Å². The molecule has 5 heteroatoms. The molecule has 0 radical (unpaired) electrons. The van der Waals surface area contributed by atoms with Gasteiger partial charge in [-0.25, -0.2) is 0 Å². The molecule has 0 spiro atoms. The molecule has 0 unspecified atom stereocenters. The lowest BCUT2D eigenvalue weighted by Gasteiger charge is -2.28. The van der Waals surface area contributed by atoms with Gasteiger partial charge in [0.15, 0.2) is 11.5 Å². The number of carbonyl (C=O) groups is 1. The average molecular weight is 361 g/mol. The molecule has 1 amide bonds. The Morgan fingerprint density at radius 2 is 1.69 bits per heavy atom. The summed E-state index contributed by atoms with van der Waals surface area (Å²) in [6.45, 7) is 2.24. The number of benzene rings is 1. The fourth-order valence-corrected chi connectivity index (χ4v) is 3.62. The minimum Gasteiger partial charge on any atom is -0.493 e. The molecule has 1 aliphatic rings. The van der Waals surface area contributed by atoms with Gasteiger partial charge in [-0.3, -0.25) is 4.79 Å². The lowest BCUT2D eigenvalue weighted by molar-refractivity contribution is -0.117. The minimum absolute atomic E-state index is 0.0577. The number of nitrogens with one attached hydrogen (secondary N) is 1. The van der Waals surface area contributed by atoms with Crippen molar-refractivity contribution >= 4 is 12.0 Å². The van der Waals surface area contributed by atoms with E-state index in [0.29, 0.717) is 23.3 Å². The standard InChI is InChI=1S/C21H31NO4/c1-5-6-15-7-10-17(11-8-15)22-20(23)12-9-16-13-18(24-2)21(26-4)19(14-16)25-3/h9,12-15,17H,5-8,10-11H2,1-4H3,(H,22,23)/b12-9+. The Balaban J connectivity index is 1.96. The van der Waals surface area contributed by atoms with E-state index in [9.17, 15) is 4.79 Å². The van der Waals surface area contributed by atoms with Crippen molar-refractivity contribution in [3.05, 3.63) is 23.8 Å². The molecule has 1 aliphatic carbocycles. The van der Waals surface area contributed by atoms with E-state index in [1.165, 1.54) is 25.7 Å². The van der Waals surface area contributed by atoms with Gasteiger partial charge in [0.1, 0.15) is 0 Å². The molecule has 0 heterocycles. The summed E-state index contributed by atoms with van der Waals surface area (Å²) in [7, 11) is 4.72. The van der Waals surface area contributed by atoms with Gasteiger partial charge >= 0.3 is 0 Å².